The average molecular weight is 286 g/mol. The van der Waals surface area contributed by atoms with E-state index in [1.165, 1.54) is 12.8 Å². The molecule has 1 aromatic heterocycles. The summed E-state index contributed by atoms with van der Waals surface area (Å²) >= 11 is 5.42. The first-order chi connectivity index (χ1) is 9.60. The van der Waals surface area contributed by atoms with Gasteiger partial charge in [0.25, 0.3) is 0 Å². The third-order valence-corrected chi connectivity index (χ3v) is 4.49. The van der Waals surface area contributed by atoms with Gasteiger partial charge in [-0.25, -0.2) is 0 Å². The molecule has 1 aromatic carbocycles. The molecule has 1 aliphatic rings. The van der Waals surface area contributed by atoms with Crippen molar-refractivity contribution in [2.75, 3.05) is 7.05 Å². The molecule has 1 unspecified atom stereocenters. The van der Waals surface area contributed by atoms with Crippen LogP contribution in [-0.4, -0.2) is 33.6 Å². The highest BCUT2D eigenvalue weighted by molar-refractivity contribution is 7.71. The first-order valence-electron chi connectivity index (χ1n) is 6.94. The summed E-state index contributed by atoms with van der Waals surface area (Å²) in [6.45, 7) is 3.08. The van der Waals surface area contributed by atoms with E-state index >= 15 is 0 Å². The number of rotatable bonds is 4. The van der Waals surface area contributed by atoms with E-state index < -0.39 is 0 Å². The molecule has 5 heteroatoms. The van der Waals surface area contributed by atoms with Gasteiger partial charge in [0.2, 0.25) is 0 Å². The van der Waals surface area contributed by atoms with Gasteiger partial charge in [0, 0.05) is 18.6 Å². The van der Waals surface area contributed by atoms with Crippen LogP contribution >= 0.6 is 12.2 Å². The molecule has 0 amide bonds. The van der Waals surface area contributed by atoms with Gasteiger partial charge in [0.1, 0.15) is 0 Å². The minimum Gasteiger partial charge on any atom is -0.331 e. The fourth-order valence-corrected chi connectivity index (χ4v) is 2.92. The number of fused-ring (bicyclic) bond motifs is 1. The second kappa shape index (κ2) is 5.04. The van der Waals surface area contributed by atoms with E-state index in [0.717, 1.165) is 28.4 Å². The van der Waals surface area contributed by atoms with E-state index in [9.17, 15) is 0 Å². The number of hydrogen-bond acceptors (Lipinski definition) is 3. The number of nitrogens with one attached hydrogen (secondary N) is 1. The summed E-state index contributed by atoms with van der Waals surface area (Å²) in [5, 5.41) is 9.04. The molecule has 1 fully saturated rings. The van der Waals surface area contributed by atoms with E-state index in [-0.39, 0.29) is 0 Å². The van der Waals surface area contributed by atoms with Crippen molar-refractivity contribution in [2.24, 2.45) is 0 Å². The lowest BCUT2D eigenvalue weighted by molar-refractivity contribution is 0.226. The Bertz CT molecular complexity index is 732. The molecular formula is C15H18N4S. The number of aromatic amines is 1. The summed E-state index contributed by atoms with van der Waals surface area (Å²) in [4.78, 5) is 5.64. The van der Waals surface area contributed by atoms with Crippen LogP contribution in [0, 0.1) is 16.1 Å². The molecule has 0 spiro atoms. The van der Waals surface area contributed by atoms with Crippen molar-refractivity contribution in [3.8, 4) is 6.07 Å². The van der Waals surface area contributed by atoms with Gasteiger partial charge in [-0.05, 0) is 57.2 Å². The molecule has 0 aliphatic heterocycles. The molecule has 2 aromatic rings. The molecule has 3 rings (SSSR count). The molecule has 1 heterocycles. The minimum absolute atomic E-state index is 0.430. The van der Waals surface area contributed by atoms with Crippen LogP contribution in [0.1, 0.15) is 25.3 Å². The van der Waals surface area contributed by atoms with Crippen LogP contribution in [0.2, 0.25) is 0 Å². The van der Waals surface area contributed by atoms with Crippen molar-refractivity contribution in [1.82, 2.24) is 14.5 Å². The molecule has 20 heavy (non-hydrogen) atoms. The zero-order chi connectivity index (χ0) is 14.3. The SMILES string of the molecule is CC(Cn1c(=S)[nH]c2ccc(C#N)cc21)N(C)C1CC1. The first-order valence-corrected chi connectivity index (χ1v) is 7.35. The van der Waals surface area contributed by atoms with Crippen molar-refractivity contribution in [3.63, 3.8) is 0 Å². The van der Waals surface area contributed by atoms with E-state index in [2.05, 4.69) is 34.5 Å². The second-order valence-corrected chi connectivity index (χ2v) is 6.02. The zero-order valence-corrected chi connectivity index (χ0v) is 12.6. The molecule has 104 valence electrons. The molecule has 1 atom stereocenters. The molecule has 0 radical (unpaired) electrons. The predicted octanol–water partition coefficient (Wildman–Crippen LogP) is 3.05. The quantitative estimate of drug-likeness (QED) is 0.879. The number of benzene rings is 1. The lowest BCUT2D eigenvalue weighted by atomic mass is 10.2. The van der Waals surface area contributed by atoms with Gasteiger partial charge in [-0.1, -0.05) is 0 Å². The highest BCUT2D eigenvalue weighted by Gasteiger charge is 2.29. The Kier molecular flexibility index (Phi) is 3.36. The Labute approximate surface area is 123 Å². The van der Waals surface area contributed by atoms with E-state index in [0.29, 0.717) is 11.6 Å². The largest absolute Gasteiger partial charge is 0.331 e. The fraction of sp³-hybridized carbons (Fsp3) is 0.467. The smallest absolute Gasteiger partial charge is 0.178 e. The normalized spacial score (nSPS) is 16.5. The molecule has 1 saturated carbocycles. The van der Waals surface area contributed by atoms with E-state index in [1.807, 2.05) is 18.2 Å². The van der Waals surface area contributed by atoms with Crippen molar-refractivity contribution >= 4 is 23.3 Å². The number of hydrogen-bond donors (Lipinski definition) is 1. The summed E-state index contributed by atoms with van der Waals surface area (Å²) in [6.07, 6.45) is 2.61. The number of nitriles is 1. The van der Waals surface area contributed by atoms with E-state index in [1.54, 1.807) is 0 Å². The number of H-pyrrole nitrogens is 1. The standard InChI is InChI=1S/C15H18N4S/c1-10(18(2)12-4-5-12)9-19-14-7-11(8-16)3-6-13(14)17-15(19)20/h3,6-7,10,12H,4-5,9H2,1-2H3,(H,17,20). The highest BCUT2D eigenvalue weighted by atomic mass is 32.1. The van der Waals surface area contributed by atoms with Crippen molar-refractivity contribution in [2.45, 2.75) is 38.4 Å². The predicted molar refractivity (Wildman–Crippen MR) is 82.1 cm³/mol. The molecule has 0 saturated heterocycles. The lowest BCUT2D eigenvalue weighted by Gasteiger charge is -2.25. The Hall–Kier alpha value is -1.64. The van der Waals surface area contributed by atoms with Gasteiger partial charge in [-0.3, -0.25) is 4.90 Å². The van der Waals surface area contributed by atoms with Crippen molar-refractivity contribution < 1.29 is 0 Å². The maximum Gasteiger partial charge on any atom is 0.178 e. The van der Waals surface area contributed by atoms with Crippen molar-refractivity contribution in [1.29, 1.82) is 5.26 Å². The van der Waals surface area contributed by atoms with Crippen LogP contribution < -0.4 is 0 Å². The number of imidazole rings is 1. The molecule has 1 aliphatic carbocycles. The monoisotopic (exact) mass is 286 g/mol. The van der Waals surface area contributed by atoms with Crippen LogP contribution in [0.15, 0.2) is 18.2 Å². The summed E-state index contributed by atoms with van der Waals surface area (Å²) < 4.78 is 2.83. The fourth-order valence-electron chi connectivity index (χ4n) is 2.64. The lowest BCUT2D eigenvalue weighted by Crippen LogP contribution is -2.34. The van der Waals surface area contributed by atoms with Gasteiger partial charge in [-0.15, -0.1) is 0 Å². The Morgan fingerprint density at radius 3 is 2.95 bits per heavy atom. The van der Waals surface area contributed by atoms with Gasteiger partial charge in [-0.2, -0.15) is 5.26 Å². The van der Waals surface area contributed by atoms with Crippen LogP contribution in [0.25, 0.3) is 11.0 Å². The average Bonchev–Trinajstić information content (AvgIpc) is 3.24. The third-order valence-electron chi connectivity index (χ3n) is 4.17. The molecule has 4 nitrogen and oxygen atoms in total. The van der Waals surface area contributed by atoms with Gasteiger partial charge < -0.3 is 9.55 Å². The Morgan fingerprint density at radius 2 is 2.30 bits per heavy atom. The maximum atomic E-state index is 9.04. The summed E-state index contributed by atoms with van der Waals surface area (Å²) in [6, 6.07) is 9.00. The summed E-state index contributed by atoms with van der Waals surface area (Å²) in [5.41, 5.74) is 2.68. The zero-order valence-electron chi connectivity index (χ0n) is 11.8. The topological polar surface area (TPSA) is 47.8 Å². The summed E-state index contributed by atoms with van der Waals surface area (Å²) in [5.74, 6) is 0. The molecule has 1 N–H and O–H groups in total. The molecular weight excluding hydrogens is 268 g/mol. The maximum absolute atomic E-state index is 9.04. The van der Waals surface area contributed by atoms with Gasteiger partial charge in [0.05, 0.1) is 22.7 Å². The highest BCUT2D eigenvalue weighted by Crippen LogP contribution is 2.27. The van der Waals surface area contributed by atoms with Crippen molar-refractivity contribution in [3.05, 3.63) is 28.5 Å². The molecule has 0 bridgehead atoms. The van der Waals surface area contributed by atoms with Gasteiger partial charge >= 0.3 is 0 Å². The van der Waals surface area contributed by atoms with Crippen LogP contribution in [0.3, 0.4) is 0 Å². The number of aromatic nitrogens is 2. The van der Waals surface area contributed by atoms with Crippen LogP contribution in [0.4, 0.5) is 0 Å². The third kappa shape index (κ3) is 2.37. The minimum atomic E-state index is 0.430. The second-order valence-electron chi connectivity index (χ2n) is 5.63. The number of nitrogens with zero attached hydrogens (tertiary/aromatic N) is 3. The van der Waals surface area contributed by atoms with Gasteiger partial charge in [0.15, 0.2) is 4.77 Å². The van der Waals surface area contributed by atoms with Crippen LogP contribution in [0.5, 0.6) is 0 Å². The Balaban J connectivity index is 1.95. The Morgan fingerprint density at radius 1 is 1.55 bits per heavy atom. The summed E-state index contributed by atoms with van der Waals surface area (Å²) in [7, 11) is 2.18. The first kappa shape index (κ1) is 13.3. The van der Waals surface area contributed by atoms with E-state index in [4.69, 9.17) is 17.5 Å². The van der Waals surface area contributed by atoms with Crippen LogP contribution in [-0.2, 0) is 6.54 Å². The number of likely N-dealkylation sites (N-methyl/N-ethyl adjacent to an activating group) is 1.